The Labute approximate surface area is 152 Å². The quantitative estimate of drug-likeness (QED) is 0.754. The monoisotopic (exact) mass is 460 g/mol. The molecule has 0 aliphatic carbocycles. The smallest absolute Gasteiger partial charge is 0.255 e. The van der Waals surface area contributed by atoms with Gasteiger partial charge in [0.05, 0.1) is 10.6 Å². The number of carbonyl (C=O) groups is 1. The van der Waals surface area contributed by atoms with Crippen molar-refractivity contribution in [3.63, 3.8) is 0 Å². The number of hydrogen-bond acceptors (Lipinski definition) is 3. The summed E-state index contributed by atoms with van der Waals surface area (Å²) >= 11 is 6.57. The molecule has 2 aromatic rings. The molecular formula is C15H14Br2N2O3S. The van der Waals surface area contributed by atoms with Crippen LogP contribution in [0.5, 0.6) is 0 Å². The average molecular weight is 462 g/mol. The fraction of sp³-hybridized carbons (Fsp3) is 0.133. The summed E-state index contributed by atoms with van der Waals surface area (Å²) in [7, 11) is -0.767. The average Bonchev–Trinajstić information content (AvgIpc) is 2.49. The Kier molecular flexibility index (Phi) is 5.61. The van der Waals surface area contributed by atoms with E-state index in [1.165, 1.54) is 20.2 Å². The van der Waals surface area contributed by atoms with Crippen LogP contribution in [0.15, 0.2) is 56.3 Å². The van der Waals surface area contributed by atoms with Gasteiger partial charge in [-0.2, -0.15) is 0 Å². The molecule has 0 unspecified atom stereocenters. The zero-order chi connectivity index (χ0) is 17.2. The molecule has 0 atom stereocenters. The topological polar surface area (TPSA) is 66.5 Å². The number of halogens is 2. The number of carbonyl (C=O) groups excluding carboxylic acids is 1. The van der Waals surface area contributed by atoms with Crippen LogP contribution < -0.4 is 5.32 Å². The molecule has 1 N–H and O–H groups in total. The molecule has 0 spiro atoms. The standard InChI is InChI=1S/C15H14Br2N2O3S/c1-19(2)23(21,22)14-9-10(7-8-12(14)17)15(20)18-13-6-4-3-5-11(13)16/h3-9H,1-2H3,(H,18,20). The third-order valence-corrected chi connectivity index (χ3v) is 6.57. The van der Waals surface area contributed by atoms with Crippen molar-refractivity contribution in [2.75, 3.05) is 19.4 Å². The van der Waals surface area contributed by atoms with E-state index in [4.69, 9.17) is 0 Å². The summed E-state index contributed by atoms with van der Waals surface area (Å²) in [4.78, 5) is 12.4. The van der Waals surface area contributed by atoms with Crippen molar-refractivity contribution in [2.45, 2.75) is 4.90 Å². The molecule has 5 nitrogen and oxygen atoms in total. The lowest BCUT2D eigenvalue weighted by atomic mass is 10.2. The summed E-state index contributed by atoms with van der Waals surface area (Å²) in [6.45, 7) is 0. The van der Waals surface area contributed by atoms with Crippen LogP contribution in [0.4, 0.5) is 5.69 Å². The maximum Gasteiger partial charge on any atom is 0.255 e. The Bertz CT molecular complexity index is 852. The Morgan fingerprint density at radius 3 is 2.30 bits per heavy atom. The predicted octanol–water partition coefficient (Wildman–Crippen LogP) is 3.71. The number of sulfonamides is 1. The molecule has 1 amide bonds. The van der Waals surface area contributed by atoms with Crippen LogP contribution in [-0.2, 0) is 10.0 Å². The van der Waals surface area contributed by atoms with Crippen LogP contribution in [0, 0.1) is 0 Å². The maximum atomic E-state index is 12.4. The summed E-state index contributed by atoms with van der Waals surface area (Å²) in [6, 6.07) is 11.6. The summed E-state index contributed by atoms with van der Waals surface area (Å²) in [5.74, 6) is -0.389. The van der Waals surface area contributed by atoms with Crippen molar-refractivity contribution < 1.29 is 13.2 Å². The number of nitrogens with one attached hydrogen (secondary N) is 1. The van der Waals surface area contributed by atoms with E-state index in [0.29, 0.717) is 10.2 Å². The summed E-state index contributed by atoms with van der Waals surface area (Å²) in [5, 5.41) is 2.74. The Morgan fingerprint density at radius 1 is 1.04 bits per heavy atom. The highest BCUT2D eigenvalue weighted by atomic mass is 79.9. The molecule has 0 bridgehead atoms. The molecule has 0 fully saturated rings. The Balaban J connectivity index is 2.38. The van der Waals surface area contributed by atoms with Gasteiger partial charge in [0.1, 0.15) is 0 Å². The van der Waals surface area contributed by atoms with Gasteiger partial charge in [-0.15, -0.1) is 0 Å². The Morgan fingerprint density at radius 2 is 1.70 bits per heavy atom. The van der Waals surface area contributed by atoms with Gasteiger partial charge < -0.3 is 5.32 Å². The molecule has 0 saturated heterocycles. The maximum absolute atomic E-state index is 12.4. The normalized spacial score (nSPS) is 11.5. The summed E-state index contributed by atoms with van der Waals surface area (Å²) in [6.07, 6.45) is 0. The van der Waals surface area contributed by atoms with Crippen molar-refractivity contribution in [1.82, 2.24) is 4.31 Å². The van der Waals surface area contributed by atoms with Crippen LogP contribution >= 0.6 is 31.9 Å². The van der Waals surface area contributed by atoms with E-state index >= 15 is 0 Å². The van der Waals surface area contributed by atoms with Crippen molar-refractivity contribution in [1.29, 1.82) is 0 Å². The van der Waals surface area contributed by atoms with E-state index < -0.39 is 10.0 Å². The summed E-state index contributed by atoms with van der Waals surface area (Å²) in [5.41, 5.74) is 0.863. The minimum atomic E-state index is -3.65. The van der Waals surface area contributed by atoms with Crippen molar-refractivity contribution in [2.24, 2.45) is 0 Å². The van der Waals surface area contributed by atoms with E-state index in [-0.39, 0.29) is 16.4 Å². The zero-order valence-electron chi connectivity index (χ0n) is 12.4. The first kappa shape index (κ1) is 18.1. The number of hydrogen-bond donors (Lipinski definition) is 1. The van der Waals surface area contributed by atoms with Gasteiger partial charge in [0.25, 0.3) is 5.91 Å². The van der Waals surface area contributed by atoms with E-state index in [1.807, 2.05) is 6.07 Å². The molecule has 122 valence electrons. The fourth-order valence-electron chi connectivity index (χ4n) is 1.80. The van der Waals surface area contributed by atoms with Crippen LogP contribution in [-0.4, -0.2) is 32.7 Å². The molecule has 2 rings (SSSR count). The molecular weight excluding hydrogens is 448 g/mol. The lowest BCUT2D eigenvalue weighted by molar-refractivity contribution is 0.102. The minimum absolute atomic E-state index is 0.0438. The Hall–Kier alpha value is -1.22. The number of amides is 1. The number of rotatable bonds is 4. The van der Waals surface area contributed by atoms with Gasteiger partial charge >= 0.3 is 0 Å². The van der Waals surface area contributed by atoms with E-state index in [1.54, 1.807) is 30.3 Å². The SMILES string of the molecule is CN(C)S(=O)(=O)c1cc(C(=O)Nc2ccccc2Br)ccc1Br. The van der Waals surface area contributed by atoms with Gasteiger partial charge in [-0.3, -0.25) is 4.79 Å². The molecule has 8 heteroatoms. The lowest BCUT2D eigenvalue weighted by Crippen LogP contribution is -2.23. The fourth-order valence-corrected chi connectivity index (χ4v) is 4.02. The molecule has 0 aromatic heterocycles. The molecule has 0 aliphatic heterocycles. The highest BCUT2D eigenvalue weighted by Crippen LogP contribution is 2.26. The lowest BCUT2D eigenvalue weighted by Gasteiger charge is -2.14. The third-order valence-electron chi connectivity index (χ3n) is 3.07. The van der Waals surface area contributed by atoms with Gasteiger partial charge in [0.2, 0.25) is 10.0 Å². The predicted molar refractivity (Wildman–Crippen MR) is 97.1 cm³/mol. The molecule has 23 heavy (non-hydrogen) atoms. The minimum Gasteiger partial charge on any atom is -0.321 e. The van der Waals surface area contributed by atoms with E-state index in [2.05, 4.69) is 37.2 Å². The van der Waals surface area contributed by atoms with Crippen molar-refractivity contribution in [3.05, 3.63) is 57.0 Å². The second-order valence-corrected chi connectivity index (χ2v) is 8.70. The van der Waals surface area contributed by atoms with Crippen molar-refractivity contribution >= 4 is 53.5 Å². The molecule has 2 aromatic carbocycles. The molecule has 0 heterocycles. The van der Waals surface area contributed by atoms with Crippen LogP contribution in [0.3, 0.4) is 0 Å². The van der Waals surface area contributed by atoms with Crippen molar-refractivity contribution in [3.8, 4) is 0 Å². The number of anilines is 1. The second-order valence-electron chi connectivity index (χ2n) is 4.87. The van der Waals surface area contributed by atoms with Crippen LogP contribution in [0.1, 0.15) is 10.4 Å². The van der Waals surface area contributed by atoms with E-state index in [0.717, 1.165) is 8.78 Å². The van der Waals surface area contributed by atoms with Crippen LogP contribution in [0.25, 0.3) is 0 Å². The first-order chi connectivity index (χ1) is 10.7. The summed E-state index contributed by atoms with van der Waals surface area (Å²) < 4.78 is 26.8. The highest BCUT2D eigenvalue weighted by molar-refractivity contribution is 9.10. The van der Waals surface area contributed by atoms with Gasteiger partial charge in [0.15, 0.2) is 0 Å². The number of para-hydroxylation sites is 1. The first-order valence-electron chi connectivity index (χ1n) is 6.51. The molecule has 0 radical (unpaired) electrons. The number of benzene rings is 2. The first-order valence-corrected chi connectivity index (χ1v) is 9.54. The van der Waals surface area contributed by atoms with Gasteiger partial charge in [-0.05, 0) is 62.2 Å². The van der Waals surface area contributed by atoms with Crippen LogP contribution in [0.2, 0.25) is 0 Å². The second kappa shape index (κ2) is 7.12. The van der Waals surface area contributed by atoms with Gasteiger partial charge in [0, 0.05) is 28.6 Å². The number of nitrogens with zero attached hydrogens (tertiary/aromatic N) is 1. The highest BCUT2D eigenvalue weighted by Gasteiger charge is 2.22. The van der Waals surface area contributed by atoms with Gasteiger partial charge in [-0.1, -0.05) is 12.1 Å². The third kappa shape index (κ3) is 4.00. The zero-order valence-corrected chi connectivity index (χ0v) is 16.4. The van der Waals surface area contributed by atoms with Gasteiger partial charge in [-0.25, -0.2) is 12.7 Å². The largest absolute Gasteiger partial charge is 0.321 e. The molecule has 0 saturated carbocycles. The van der Waals surface area contributed by atoms with E-state index in [9.17, 15) is 13.2 Å². The molecule has 0 aliphatic rings.